The van der Waals surface area contributed by atoms with Crippen molar-refractivity contribution in [3.8, 4) is 0 Å². The number of pyridine rings is 1. The molecule has 212 valence electrons. The second-order valence-corrected chi connectivity index (χ2v) is 11.9. The van der Waals surface area contributed by atoms with Crippen molar-refractivity contribution >= 4 is 40.0 Å². The van der Waals surface area contributed by atoms with Crippen LogP contribution in [-0.4, -0.2) is 100.0 Å². The van der Waals surface area contributed by atoms with Gasteiger partial charge in [0.05, 0.1) is 29.6 Å². The van der Waals surface area contributed by atoms with Crippen molar-refractivity contribution in [1.29, 1.82) is 0 Å². The molecule has 2 N–H and O–H groups in total. The van der Waals surface area contributed by atoms with Crippen LogP contribution in [0.25, 0.3) is 10.9 Å². The van der Waals surface area contributed by atoms with Crippen LogP contribution in [0.4, 0.5) is 11.4 Å². The molecule has 2 aliphatic rings. The topological polar surface area (TPSA) is 118 Å². The molecule has 0 spiro atoms. The molecule has 2 aliphatic heterocycles. The highest BCUT2D eigenvalue weighted by Gasteiger charge is 2.42. The summed E-state index contributed by atoms with van der Waals surface area (Å²) < 4.78 is 0. The molecular formula is C29H38N8O3. The van der Waals surface area contributed by atoms with E-state index < -0.39 is 23.3 Å². The Hall–Kier alpha value is -3.99. The molecule has 2 aromatic heterocycles. The number of nitrogens with zero attached hydrogens (tertiary/aromatic N) is 6. The number of piperazine rings is 2. The molecule has 3 amide bonds. The van der Waals surface area contributed by atoms with E-state index in [9.17, 15) is 14.4 Å². The minimum Gasteiger partial charge on any atom is -0.369 e. The summed E-state index contributed by atoms with van der Waals surface area (Å²) in [5.41, 5.74) is 2.39. The number of amides is 3. The number of carbonyl (C=O) groups is 3. The number of hydrogen-bond acceptors (Lipinski definition) is 7. The van der Waals surface area contributed by atoms with Gasteiger partial charge in [0.2, 0.25) is 5.91 Å². The van der Waals surface area contributed by atoms with Crippen LogP contribution in [0, 0.1) is 5.41 Å². The van der Waals surface area contributed by atoms with Gasteiger partial charge in [-0.2, -0.15) is 5.10 Å². The molecular weight excluding hydrogens is 508 g/mol. The molecule has 11 heteroatoms. The summed E-state index contributed by atoms with van der Waals surface area (Å²) in [6, 6.07) is 7.42. The lowest BCUT2D eigenvalue weighted by Crippen LogP contribution is -2.60. The number of nitrogens with one attached hydrogen (secondary N) is 2. The maximum absolute atomic E-state index is 13.8. The third-order valence-electron chi connectivity index (χ3n) is 7.82. The van der Waals surface area contributed by atoms with E-state index in [0.717, 1.165) is 42.8 Å². The summed E-state index contributed by atoms with van der Waals surface area (Å²) in [4.78, 5) is 52.7. The molecule has 4 heterocycles. The highest BCUT2D eigenvalue weighted by molar-refractivity contribution is 6.40. The van der Waals surface area contributed by atoms with Crippen molar-refractivity contribution in [3.63, 3.8) is 0 Å². The standard InChI is InChI=1S/C29H38N8O3/c1-19-17-37(27(39)26(38)32-23-16-30-14-21-15-31-33-25(21)23)24(18-36(19)28(40)29(2,3)4)20-7-6-8-22(13-20)35-11-9-34(5)10-12-35/h6-8,13-16,19,24H,9-12,17-18H2,1-5H3,(H,31,33)(H,32,38)/t19-,24-/m1/s1. The summed E-state index contributed by atoms with van der Waals surface area (Å²) >= 11 is 0. The quantitative estimate of drug-likeness (QED) is 0.485. The van der Waals surface area contributed by atoms with E-state index >= 15 is 0 Å². The Kier molecular flexibility index (Phi) is 7.50. The summed E-state index contributed by atoms with van der Waals surface area (Å²) in [6.07, 6.45) is 4.73. The normalized spacial score (nSPS) is 20.6. The number of fused-ring (bicyclic) bond motifs is 1. The predicted octanol–water partition coefficient (Wildman–Crippen LogP) is 2.49. The monoisotopic (exact) mass is 546 g/mol. The second kappa shape index (κ2) is 10.9. The Bertz CT molecular complexity index is 1410. The van der Waals surface area contributed by atoms with Crippen LogP contribution < -0.4 is 10.2 Å². The number of likely N-dealkylation sites (N-methyl/N-ethyl adjacent to an activating group) is 1. The number of benzene rings is 1. The molecule has 2 saturated heterocycles. The van der Waals surface area contributed by atoms with Gasteiger partial charge in [0, 0.05) is 68.0 Å². The van der Waals surface area contributed by atoms with Crippen LogP contribution in [0.5, 0.6) is 0 Å². The van der Waals surface area contributed by atoms with E-state index in [-0.39, 0.29) is 18.5 Å². The fourth-order valence-electron chi connectivity index (χ4n) is 5.46. The van der Waals surface area contributed by atoms with Gasteiger partial charge in [-0.25, -0.2) is 0 Å². The Morgan fingerprint density at radius 2 is 1.75 bits per heavy atom. The fourth-order valence-corrected chi connectivity index (χ4v) is 5.46. The zero-order chi connectivity index (χ0) is 28.6. The first kappa shape index (κ1) is 27.6. The molecule has 0 radical (unpaired) electrons. The molecule has 11 nitrogen and oxygen atoms in total. The maximum atomic E-state index is 13.8. The van der Waals surface area contributed by atoms with Gasteiger partial charge in [-0.15, -0.1) is 0 Å². The molecule has 5 rings (SSSR count). The Morgan fingerprint density at radius 1 is 1.00 bits per heavy atom. The van der Waals surface area contributed by atoms with Crippen LogP contribution in [-0.2, 0) is 14.4 Å². The Labute approximate surface area is 234 Å². The number of anilines is 2. The second-order valence-electron chi connectivity index (χ2n) is 11.9. The average molecular weight is 547 g/mol. The van der Waals surface area contributed by atoms with Crippen molar-refractivity contribution in [2.45, 2.75) is 39.8 Å². The smallest absolute Gasteiger partial charge is 0.314 e. The SMILES string of the molecule is C[C@@H]1CN(C(=O)C(=O)Nc2cncc3cn[nH]c23)[C@@H](c2cccc(N3CCN(C)CC3)c2)CN1C(=O)C(C)(C)C. The van der Waals surface area contributed by atoms with Crippen LogP contribution >= 0.6 is 0 Å². The van der Waals surface area contributed by atoms with E-state index in [4.69, 9.17) is 0 Å². The highest BCUT2D eigenvalue weighted by atomic mass is 16.2. The zero-order valence-corrected chi connectivity index (χ0v) is 23.8. The van der Waals surface area contributed by atoms with Gasteiger partial charge in [0.15, 0.2) is 0 Å². The van der Waals surface area contributed by atoms with Crippen molar-refractivity contribution in [1.82, 2.24) is 29.9 Å². The van der Waals surface area contributed by atoms with E-state index in [1.54, 1.807) is 17.3 Å². The number of aromatic nitrogens is 3. The van der Waals surface area contributed by atoms with Crippen molar-refractivity contribution in [3.05, 3.63) is 48.4 Å². The van der Waals surface area contributed by atoms with Crippen molar-refractivity contribution in [2.24, 2.45) is 5.41 Å². The first-order valence-electron chi connectivity index (χ1n) is 13.8. The van der Waals surface area contributed by atoms with Crippen LogP contribution in [0.2, 0.25) is 0 Å². The van der Waals surface area contributed by atoms with Crippen LogP contribution in [0.3, 0.4) is 0 Å². The molecule has 0 unspecified atom stereocenters. The molecule has 1 aromatic carbocycles. The maximum Gasteiger partial charge on any atom is 0.314 e. The Morgan fingerprint density at radius 3 is 2.48 bits per heavy atom. The largest absolute Gasteiger partial charge is 0.369 e. The first-order valence-corrected chi connectivity index (χ1v) is 13.8. The molecule has 40 heavy (non-hydrogen) atoms. The zero-order valence-electron chi connectivity index (χ0n) is 23.8. The summed E-state index contributed by atoms with van der Waals surface area (Å²) in [6.45, 7) is 11.9. The van der Waals surface area contributed by atoms with Gasteiger partial charge in [0.25, 0.3) is 0 Å². The van der Waals surface area contributed by atoms with Crippen molar-refractivity contribution in [2.75, 3.05) is 56.5 Å². The molecule has 0 bridgehead atoms. The molecule has 3 aromatic rings. The summed E-state index contributed by atoms with van der Waals surface area (Å²) in [5.74, 6) is -1.39. The predicted molar refractivity (Wildman–Crippen MR) is 154 cm³/mol. The lowest BCUT2D eigenvalue weighted by Gasteiger charge is -2.47. The van der Waals surface area contributed by atoms with Gasteiger partial charge in [-0.3, -0.25) is 24.5 Å². The van der Waals surface area contributed by atoms with Gasteiger partial charge < -0.3 is 24.9 Å². The van der Waals surface area contributed by atoms with Gasteiger partial charge in [-0.1, -0.05) is 32.9 Å². The van der Waals surface area contributed by atoms with Crippen LogP contribution in [0.15, 0.2) is 42.9 Å². The molecule has 2 atom stereocenters. The number of carbonyl (C=O) groups excluding carboxylic acids is 3. The third kappa shape index (κ3) is 5.51. The van der Waals surface area contributed by atoms with E-state index in [1.807, 2.05) is 44.7 Å². The van der Waals surface area contributed by atoms with E-state index in [1.165, 1.54) is 6.20 Å². The van der Waals surface area contributed by atoms with E-state index in [0.29, 0.717) is 17.7 Å². The fraction of sp³-hybridized carbons (Fsp3) is 0.483. The lowest BCUT2D eigenvalue weighted by atomic mass is 9.91. The molecule has 2 fully saturated rings. The number of rotatable bonds is 3. The molecule has 0 aliphatic carbocycles. The van der Waals surface area contributed by atoms with Gasteiger partial charge in [0.1, 0.15) is 0 Å². The average Bonchev–Trinajstić information content (AvgIpc) is 3.42. The van der Waals surface area contributed by atoms with E-state index in [2.05, 4.69) is 49.5 Å². The minimum absolute atomic E-state index is 0.0220. The van der Waals surface area contributed by atoms with Crippen LogP contribution in [0.1, 0.15) is 39.3 Å². The Balaban J connectivity index is 1.45. The molecule has 0 saturated carbocycles. The van der Waals surface area contributed by atoms with Gasteiger partial charge in [-0.05, 0) is 31.7 Å². The number of H-pyrrole nitrogens is 1. The number of hydrogen-bond donors (Lipinski definition) is 2. The summed E-state index contributed by atoms with van der Waals surface area (Å²) in [5, 5.41) is 10.3. The third-order valence-corrected chi connectivity index (χ3v) is 7.82. The summed E-state index contributed by atoms with van der Waals surface area (Å²) in [7, 11) is 2.12. The lowest BCUT2D eigenvalue weighted by molar-refractivity contribution is -0.154. The highest BCUT2D eigenvalue weighted by Crippen LogP contribution is 2.33. The minimum atomic E-state index is -0.757. The first-order chi connectivity index (χ1) is 19.0. The van der Waals surface area contributed by atoms with Crippen molar-refractivity contribution < 1.29 is 14.4 Å². The number of aromatic amines is 1. The van der Waals surface area contributed by atoms with Gasteiger partial charge >= 0.3 is 11.8 Å².